The molecule has 1 atom stereocenters. The van der Waals surface area contributed by atoms with Crippen LogP contribution in [0, 0.1) is 0 Å². The Labute approximate surface area is 149 Å². The fourth-order valence-corrected chi connectivity index (χ4v) is 4.74. The molecule has 7 heteroatoms. The lowest BCUT2D eigenvalue weighted by Crippen LogP contribution is -2.50. The van der Waals surface area contributed by atoms with E-state index in [4.69, 9.17) is 4.74 Å². The summed E-state index contributed by atoms with van der Waals surface area (Å²) in [5, 5.41) is 0. The lowest BCUT2D eigenvalue weighted by Gasteiger charge is -2.35. The van der Waals surface area contributed by atoms with Crippen molar-refractivity contribution < 1.29 is 17.9 Å². The van der Waals surface area contributed by atoms with E-state index in [1.807, 2.05) is 30.3 Å². The van der Waals surface area contributed by atoms with Crippen LogP contribution in [0.1, 0.15) is 31.2 Å². The number of hydrogen-bond acceptors (Lipinski definition) is 4. The molecule has 0 aliphatic carbocycles. The molecule has 0 N–H and O–H groups in total. The Morgan fingerprint density at radius 3 is 2.44 bits per heavy atom. The number of nitrogens with zero attached hydrogens (tertiary/aromatic N) is 2. The van der Waals surface area contributed by atoms with E-state index in [9.17, 15) is 13.2 Å². The van der Waals surface area contributed by atoms with Gasteiger partial charge in [-0.1, -0.05) is 30.3 Å². The van der Waals surface area contributed by atoms with Crippen LogP contribution in [0.3, 0.4) is 0 Å². The molecular formula is C18H26N2O4S. The molecule has 6 nitrogen and oxygen atoms in total. The molecule has 1 amide bonds. The summed E-state index contributed by atoms with van der Waals surface area (Å²) in [6.45, 7) is 2.30. The third-order valence-electron chi connectivity index (χ3n) is 5.00. The zero-order chi connectivity index (χ0) is 17.9. The Morgan fingerprint density at radius 1 is 1.12 bits per heavy atom. The van der Waals surface area contributed by atoms with E-state index in [0.717, 1.165) is 24.8 Å². The van der Waals surface area contributed by atoms with Gasteiger partial charge in [-0.25, -0.2) is 8.42 Å². The first kappa shape index (κ1) is 18.4. The molecule has 3 rings (SSSR count). The number of sulfonamides is 1. The summed E-state index contributed by atoms with van der Waals surface area (Å²) in [6, 6.07) is 9.54. The molecule has 0 aromatic heterocycles. The van der Waals surface area contributed by atoms with Crippen LogP contribution in [-0.4, -0.2) is 61.6 Å². The molecule has 2 aliphatic heterocycles. The first-order chi connectivity index (χ1) is 11.9. The summed E-state index contributed by atoms with van der Waals surface area (Å²) in [7, 11) is -3.32. The molecule has 0 spiro atoms. The Bertz CT molecular complexity index is 684. The molecule has 2 saturated heterocycles. The average Bonchev–Trinajstić information content (AvgIpc) is 3.11. The zero-order valence-electron chi connectivity index (χ0n) is 14.6. The molecule has 138 valence electrons. The summed E-state index contributed by atoms with van der Waals surface area (Å²) in [4.78, 5) is 14.5. The quantitative estimate of drug-likeness (QED) is 0.794. The van der Waals surface area contributed by atoms with Crippen molar-refractivity contribution in [1.82, 2.24) is 9.21 Å². The van der Waals surface area contributed by atoms with Crippen molar-refractivity contribution in [2.45, 2.75) is 44.4 Å². The van der Waals surface area contributed by atoms with Gasteiger partial charge >= 0.3 is 0 Å². The minimum Gasteiger partial charge on any atom is -0.373 e. The number of likely N-dealkylation sites (tertiary alicyclic amines) is 1. The third-order valence-corrected chi connectivity index (χ3v) is 6.29. The number of carbonyl (C=O) groups excluding carboxylic acids is 1. The number of piperidine rings is 1. The Hall–Kier alpha value is -1.44. The van der Waals surface area contributed by atoms with Gasteiger partial charge in [0.15, 0.2) is 0 Å². The van der Waals surface area contributed by atoms with Gasteiger partial charge in [0.2, 0.25) is 15.9 Å². The smallest absolute Gasteiger partial charge is 0.241 e. The highest BCUT2D eigenvalue weighted by molar-refractivity contribution is 7.88. The highest BCUT2D eigenvalue weighted by Crippen LogP contribution is 2.24. The number of ether oxygens (including phenoxy) is 1. The molecule has 0 saturated carbocycles. The van der Waals surface area contributed by atoms with Crippen LogP contribution in [0.2, 0.25) is 0 Å². The van der Waals surface area contributed by atoms with E-state index in [2.05, 4.69) is 0 Å². The molecule has 2 fully saturated rings. The second kappa shape index (κ2) is 7.85. The molecule has 2 aliphatic rings. The number of hydrogen-bond donors (Lipinski definition) is 0. The predicted octanol–water partition coefficient (Wildman–Crippen LogP) is 1.62. The number of amides is 1. The van der Waals surface area contributed by atoms with Gasteiger partial charge in [-0.3, -0.25) is 4.79 Å². The topological polar surface area (TPSA) is 66.9 Å². The SMILES string of the molecule is CS(=O)(=O)N1CCC[C@@H]1C(=O)N1CCC(OCc2ccccc2)CC1. The van der Waals surface area contributed by atoms with Gasteiger partial charge in [-0.05, 0) is 31.2 Å². The van der Waals surface area contributed by atoms with Crippen LogP contribution in [0.4, 0.5) is 0 Å². The van der Waals surface area contributed by atoms with Gasteiger partial charge in [-0.15, -0.1) is 0 Å². The zero-order valence-corrected chi connectivity index (χ0v) is 15.5. The predicted molar refractivity (Wildman–Crippen MR) is 95.4 cm³/mol. The van der Waals surface area contributed by atoms with E-state index in [-0.39, 0.29) is 12.0 Å². The molecule has 0 radical (unpaired) electrons. The summed E-state index contributed by atoms with van der Waals surface area (Å²) in [5.74, 6) is -0.0514. The van der Waals surface area contributed by atoms with E-state index < -0.39 is 16.1 Å². The minimum atomic E-state index is -3.32. The summed E-state index contributed by atoms with van der Waals surface area (Å²) in [6.07, 6.45) is 4.30. The van der Waals surface area contributed by atoms with Crippen LogP contribution in [0.25, 0.3) is 0 Å². The largest absolute Gasteiger partial charge is 0.373 e. The van der Waals surface area contributed by atoms with Crippen LogP contribution < -0.4 is 0 Å². The van der Waals surface area contributed by atoms with Crippen LogP contribution in [0.5, 0.6) is 0 Å². The molecule has 25 heavy (non-hydrogen) atoms. The number of rotatable bonds is 5. The monoisotopic (exact) mass is 366 g/mol. The highest BCUT2D eigenvalue weighted by Gasteiger charge is 2.39. The Kier molecular flexibility index (Phi) is 5.76. The van der Waals surface area contributed by atoms with E-state index in [0.29, 0.717) is 32.7 Å². The van der Waals surface area contributed by atoms with Gasteiger partial charge in [0.1, 0.15) is 6.04 Å². The normalized spacial score (nSPS) is 23.1. The van der Waals surface area contributed by atoms with E-state index in [1.165, 1.54) is 10.6 Å². The van der Waals surface area contributed by atoms with Crippen LogP contribution >= 0.6 is 0 Å². The van der Waals surface area contributed by atoms with Crippen molar-refractivity contribution >= 4 is 15.9 Å². The van der Waals surface area contributed by atoms with E-state index >= 15 is 0 Å². The molecule has 0 unspecified atom stereocenters. The van der Waals surface area contributed by atoms with Gasteiger partial charge in [0, 0.05) is 19.6 Å². The molecule has 1 aromatic rings. The molecule has 1 aromatic carbocycles. The fourth-order valence-electron chi connectivity index (χ4n) is 3.63. The first-order valence-corrected chi connectivity index (χ1v) is 10.7. The minimum absolute atomic E-state index is 0.0514. The van der Waals surface area contributed by atoms with Gasteiger partial charge in [-0.2, -0.15) is 4.31 Å². The van der Waals surface area contributed by atoms with Crippen molar-refractivity contribution in [2.75, 3.05) is 25.9 Å². The number of benzene rings is 1. The van der Waals surface area contributed by atoms with Crippen LogP contribution in [0.15, 0.2) is 30.3 Å². The summed E-state index contributed by atoms with van der Waals surface area (Å²) in [5.41, 5.74) is 1.15. The van der Waals surface area contributed by atoms with Gasteiger partial charge in [0.05, 0.1) is 19.0 Å². The highest BCUT2D eigenvalue weighted by atomic mass is 32.2. The Balaban J connectivity index is 1.49. The van der Waals surface area contributed by atoms with Crippen LogP contribution in [-0.2, 0) is 26.2 Å². The Morgan fingerprint density at radius 2 is 1.80 bits per heavy atom. The van der Waals surface area contributed by atoms with Crippen molar-refractivity contribution in [2.24, 2.45) is 0 Å². The van der Waals surface area contributed by atoms with Crippen molar-refractivity contribution in [1.29, 1.82) is 0 Å². The summed E-state index contributed by atoms with van der Waals surface area (Å²) >= 11 is 0. The maximum Gasteiger partial charge on any atom is 0.241 e. The summed E-state index contributed by atoms with van der Waals surface area (Å²) < 4.78 is 31.0. The third kappa shape index (κ3) is 4.59. The second-order valence-electron chi connectivity index (χ2n) is 6.85. The molecule has 0 bridgehead atoms. The first-order valence-electron chi connectivity index (χ1n) is 8.86. The van der Waals surface area contributed by atoms with Crippen molar-refractivity contribution in [3.63, 3.8) is 0 Å². The van der Waals surface area contributed by atoms with Gasteiger partial charge in [0.25, 0.3) is 0 Å². The fraction of sp³-hybridized carbons (Fsp3) is 0.611. The molecule has 2 heterocycles. The second-order valence-corrected chi connectivity index (χ2v) is 8.79. The maximum absolute atomic E-state index is 12.7. The van der Waals surface area contributed by atoms with Crippen molar-refractivity contribution in [3.05, 3.63) is 35.9 Å². The van der Waals surface area contributed by atoms with Gasteiger partial charge < -0.3 is 9.64 Å². The standard InChI is InChI=1S/C18H26N2O4S/c1-25(22,23)20-11-5-8-17(20)18(21)19-12-9-16(10-13-19)24-14-15-6-3-2-4-7-15/h2-4,6-7,16-17H,5,8-14H2,1H3/t17-/m1/s1. The van der Waals surface area contributed by atoms with E-state index in [1.54, 1.807) is 4.90 Å². The maximum atomic E-state index is 12.7. The average molecular weight is 366 g/mol. The van der Waals surface area contributed by atoms with Crippen molar-refractivity contribution in [3.8, 4) is 0 Å². The lowest BCUT2D eigenvalue weighted by molar-refractivity contribution is -0.137. The number of carbonyl (C=O) groups is 1. The lowest BCUT2D eigenvalue weighted by atomic mass is 10.1. The molecular weight excluding hydrogens is 340 g/mol.